The summed E-state index contributed by atoms with van der Waals surface area (Å²) in [5.74, 6) is -1.75. The van der Waals surface area contributed by atoms with Crippen LogP contribution in [0.1, 0.15) is 10.4 Å². The van der Waals surface area contributed by atoms with Gasteiger partial charge in [0.1, 0.15) is 0 Å². The van der Waals surface area contributed by atoms with Crippen molar-refractivity contribution in [2.45, 2.75) is 0 Å². The van der Waals surface area contributed by atoms with Gasteiger partial charge in [0.05, 0.1) is 22.8 Å². The van der Waals surface area contributed by atoms with E-state index in [9.17, 15) is 14.4 Å². The smallest absolute Gasteiger partial charge is 0.340 e. The van der Waals surface area contributed by atoms with Crippen LogP contribution in [0.25, 0.3) is 0 Å². The lowest BCUT2D eigenvalue weighted by molar-refractivity contribution is -0.136. The quantitative estimate of drug-likeness (QED) is 0.563. The second-order valence-electron chi connectivity index (χ2n) is 5.59. The van der Waals surface area contributed by atoms with Crippen LogP contribution in [0.15, 0.2) is 42.5 Å². The summed E-state index contributed by atoms with van der Waals surface area (Å²) in [6.45, 7) is -0.762. The van der Waals surface area contributed by atoms with Crippen LogP contribution < -0.4 is 11.1 Å². The highest BCUT2D eigenvalue weighted by molar-refractivity contribution is 6.33. The van der Waals surface area contributed by atoms with E-state index >= 15 is 0 Å². The Hall–Kier alpha value is -2.77. The normalized spacial score (nSPS) is 10.2. The number of nitrogens with two attached hydrogens (primary N) is 1. The van der Waals surface area contributed by atoms with Gasteiger partial charge in [0.2, 0.25) is 5.91 Å². The van der Waals surface area contributed by atoms with E-state index in [0.717, 1.165) is 4.90 Å². The van der Waals surface area contributed by atoms with Crippen molar-refractivity contribution in [3.05, 3.63) is 58.1 Å². The number of rotatable bonds is 6. The van der Waals surface area contributed by atoms with Crippen LogP contribution >= 0.6 is 23.2 Å². The zero-order valence-electron chi connectivity index (χ0n) is 14.4. The van der Waals surface area contributed by atoms with Crippen molar-refractivity contribution in [1.82, 2.24) is 4.90 Å². The van der Waals surface area contributed by atoms with E-state index in [4.69, 9.17) is 33.7 Å². The number of nitrogens with one attached hydrogen (secondary N) is 1. The lowest BCUT2D eigenvalue weighted by Crippen LogP contribution is -2.37. The van der Waals surface area contributed by atoms with Gasteiger partial charge in [-0.2, -0.15) is 0 Å². The van der Waals surface area contributed by atoms with Gasteiger partial charge in [0.25, 0.3) is 5.91 Å². The number of benzene rings is 2. The fourth-order valence-electron chi connectivity index (χ4n) is 2.09. The molecule has 2 aromatic rings. The molecule has 0 aliphatic carbocycles. The Labute approximate surface area is 166 Å². The van der Waals surface area contributed by atoms with Crippen molar-refractivity contribution in [3.63, 3.8) is 0 Å². The molecule has 2 rings (SSSR count). The largest absolute Gasteiger partial charge is 0.452 e. The number of hydrogen-bond donors (Lipinski definition) is 2. The lowest BCUT2D eigenvalue weighted by atomic mass is 10.2. The van der Waals surface area contributed by atoms with Gasteiger partial charge in [-0.15, -0.1) is 0 Å². The maximum Gasteiger partial charge on any atom is 0.340 e. The zero-order chi connectivity index (χ0) is 20.0. The number of carbonyl (C=O) groups is 3. The number of amides is 2. The van der Waals surface area contributed by atoms with Crippen molar-refractivity contribution in [2.24, 2.45) is 0 Å². The number of nitrogens with zero attached hydrogens (tertiary/aromatic N) is 1. The monoisotopic (exact) mass is 409 g/mol. The minimum absolute atomic E-state index is 0.103. The predicted octanol–water partition coefficient (Wildman–Crippen LogP) is 2.83. The van der Waals surface area contributed by atoms with Crippen LogP contribution in [-0.4, -0.2) is 42.9 Å². The van der Waals surface area contributed by atoms with Crippen molar-refractivity contribution >= 4 is 52.4 Å². The van der Waals surface area contributed by atoms with Gasteiger partial charge in [-0.1, -0.05) is 35.3 Å². The molecule has 0 bridgehead atoms. The minimum atomic E-state index is -0.758. The molecule has 0 fully saturated rings. The number of anilines is 2. The first-order chi connectivity index (χ1) is 12.8. The van der Waals surface area contributed by atoms with Crippen LogP contribution in [0.3, 0.4) is 0 Å². The van der Waals surface area contributed by atoms with Gasteiger partial charge in [-0.05, 0) is 30.3 Å². The standard InChI is InChI=1S/C18H17Cl2N3O4/c1-23(9-16(24)22-15-5-3-2-4-13(15)20)17(25)10-27-18(26)12-7-6-11(19)8-14(12)21/h2-8H,9-10,21H2,1H3,(H,22,24). The summed E-state index contributed by atoms with van der Waals surface area (Å²) in [4.78, 5) is 37.2. The van der Waals surface area contributed by atoms with Crippen molar-refractivity contribution in [1.29, 1.82) is 0 Å². The molecular weight excluding hydrogens is 393 g/mol. The molecular formula is C18H17Cl2N3O4. The highest BCUT2D eigenvalue weighted by Gasteiger charge is 2.17. The van der Waals surface area contributed by atoms with E-state index < -0.39 is 24.4 Å². The molecule has 0 aliphatic heterocycles. The molecule has 0 aliphatic rings. The minimum Gasteiger partial charge on any atom is -0.452 e. The highest BCUT2D eigenvalue weighted by Crippen LogP contribution is 2.20. The summed E-state index contributed by atoms with van der Waals surface area (Å²) in [7, 11) is 1.42. The molecule has 0 saturated heterocycles. The van der Waals surface area contributed by atoms with Crippen molar-refractivity contribution in [2.75, 3.05) is 31.2 Å². The molecule has 0 spiro atoms. The van der Waals surface area contributed by atoms with E-state index in [2.05, 4.69) is 5.32 Å². The summed E-state index contributed by atoms with van der Waals surface area (Å²) in [6, 6.07) is 11.0. The fraction of sp³-hybridized carbons (Fsp3) is 0.167. The first-order valence-corrected chi connectivity index (χ1v) is 8.54. The highest BCUT2D eigenvalue weighted by atomic mass is 35.5. The van der Waals surface area contributed by atoms with E-state index in [-0.39, 0.29) is 17.8 Å². The molecule has 0 saturated carbocycles. The van der Waals surface area contributed by atoms with Gasteiger partial charge in [-0.3, -0.25) is 9.59 Å². The second kappa shape index (κ2) is 9.25. The van der Waals surface area contributed by atoms with Crippen LogP contribution in [0.2, 0.25) is 10.0 Å². The number of ether oxygens (including phenoxy) is 1. The topological polar surface area (TPSA) is 102 Å². The molecule has 0 unspecified atom stereocenters. The van der Waals surface area contributed by atoms with Crippen LogP contribution in [-0.2, 0) is 14.3 Å². The average Bonchev–Trinajstić information content (AvgIpc) is 2.61. The van der Waals surface area contributed by atoms with Crippen LogP contribution in [0.4, 0.5) is 11.4 Å². The van der Waals surface area contributed by atoms with E-state index in [0.29, 0.717) is 15.7 Å². The average molecular weight is 410 g/mol. The summed E-state index contributed by atoms with van der Waals surface area (Å²) >= 11 is 11.7. The third kappa shape index (κ3) is 5.87. The Morgan fingerprint density at radius 1 is 1.15 bits per heavy atom. The number of nitrogen functional groups attached to an aromatic ring is 1. The Morgan fingerprint density at radius 3 is 2.52 bits per heavy atom. The Kier molecular flexibility index (Phi) is 7.04. The van der Waals surface area contributed by atoms with Crippen LogP contribution in [0, 0.1) is 0 Å². The number of esters is 1. The number of carbonyl (C=O) groups excluding carboxylic acids is 3. The van der Waals surface area contributed by atoms with Gasteiger partial charge >= 0.3 is 5.97 Å². The van der Waals surface area contributed by atoms with Gasteiger partial charge < -0.3 is 20.7 Å². The zero-order valence-corrected chi connectivity index (χ0v) is 15.9. The third-order valence-corrected chi connectivity index (χ3v) is 4.08. The van der Waals surface area contributed by atoms with Crippen LogP contribution in [0.5, 0.6) is 0 Å². The molecule has 0 heterocycles. The number of para-hydroxylation sites is 1. The van der Waals surface area contributed by atoms with E-state index in [1.165, 1.54) is 25.2 Å². The molecule has 9 heteroatoms. The maximum atomic E-state index is 12.1. The molecule has 3 N–H and O–H groups in total. The first-order valence-electron chi connectivity index (χ1n) is 7.78. The van der Waals surface area contributed by atoms with Gasteiger partial charge in [-0.25, -0.2) is 4.79 Å². The number of halogens is 2. The Balaban J connectivity index is 1.85. The van der Waals surface area contributed by atoms with E-state index in [1.54, 1.807) is 24.3 Å². The first kappa shape index (κ1) is 20.5. The second-order valence-corrected chi connectivity index (χ2v) is 6.43. The summed E-state index contributed by atoms with van der Waals surface area (Å²) in [5.41, 5.74) is 6.38. The van der Waals surface area contributed by atoms with Gasteiger partial charge in [0, 0.05) is 17.8 Å². The summed E-state index contributed by atoms with van der Waals surface area (Å²) < 4.78 is 4.94. The summed E-state index contributed by atoms with van der Waals surface area (Å²) in [6.07, 6.45) is 0. The molecule has 0 atom stereocenters. The van der Waals surface area contributed by atoms with Crippen molar-refractivity contribution in [3.8, 4) is 0 Å². The molecule has 27 heavy (non-hydrogen) atoms. The number of likely N-dealkylation sites (N-methyl/N-ethyl adjacent to an activating group) is 1. The molecule has 0 radical (unpaired) electrons. The SMILES string of the molecule is CN(CC(=O)Nc1ccccc1Cl)C(=O)COC(=O)c1ccc(Cl)cc1N. The maximum absolute atomic E-state index is 12.1. The van der Waals surface area contributed by atoms with Gasteiger partial charge in [0.15, 0.2) is 6.61 Å². The molecule has 142 valence electrons. The predicted molar refractivity (Wildman–Crippen MR) is 104 cm³/mol. The molecule has 0 aromatic heterocycles. The molecule has 2 aromatic carbocycles. The van der Waals surface area contributed by atoms with Crippen molar-refractivity contribution < 1.29 is 19.1 Å². The number of hydrogen-bond acceptors (Lipinski definition) is 5. The Bertz CT molecular complexity index is 873. The Morgan fingerprint density at radius 2 is 1.85 bits per heavy atom. The summed E-state index contributed by atoms with van der Waals surface area (Å²) in [5, 5.41) is 3.36. The van der Waals surface area contributed by atoms with E-state index in [1.807, 2.05) is 0 Å². The molecule has 2 amide bonds. The molecule has 7 nitrogen and oxygen atoms in total. The lowest BCUT2D eigenvalue weighted by Gasteiger charge is -2.17. The fourth-order valence-corrected chi connectivity index (χ4v) is 2.45. The third-order valence-electron chi connectivity index (χ3n) is 3.51.